The quantitative estimate of drug-likeness (QED) is 0.0263. The largest absolute Gasteiger partial charge is 0.462 e. The Kier molecular flexibility index (Phi) is 46.0. The highest BCUT2D eigenvalue weighted by molar-refractivity contribution is 5.71. The van der Waals surface area contributed by atoms with Crippen molar-refractivity contribution in [1.82, 2.24) is 0 Å². The minimum Gasteiger partial charge on any atom is -0.462 e. The van der Waals surface area contributed by atoms with Crippen LogP contribution in [0.15, 0.2) is 72.9 Å². The molecule has 0 N–H and O–H groups in total. The standard InChI is InChI=1S/C54H92O6/c1-4-7-10-13-16-19-21-23-25-26-27-29-30-32-35-38-41-44-47-53(56)59-50-51(49-58-52(55)46-43-40-37-34-18-15-12-9-6-3)60-54(57)48-45-42-39-36-33-31-28-24-22-20-17-14-11-8-5-2/h8,11,14,17,20-23,25-27,29,51H,4-7,9-10,12-13,15-16,18-19,24,28,30-50H2,1-3H3/b11-8-,17-14-,22-20-,23-21-,26-25-,29-27-. The number of hydrogen-bond donors (Lipinski definition) is 0. The van der Waals surface area contributed by atoms with Crippen LogP contribution in [0.3, 0.4) is 0 Å². The summed E-state index contributed by atoms with van der Waals surface area (Å²) in [6, 6.07) is 0. The molecule has 0 saturated heterocycles. The average Bonchev–Trinajstić information content (AvgIpc) is 3.24. The van der Waals surface area contributed by atoms with Gasteiger partial charge in [0.1, 0.15) is 13.2 Å². The molecule has 0 amide bonds. The molecule has 0 fully saturated rings. The van der Waals surface area contributed by atoms with Gasteiger partial charge in [0, 0.05) is 19.3 Å². The summed E-state index contributed by atoms with van der Waals surface area (Å²) in [7, 11) is 0. The van der Waals surface area contributed by atoms with E-state index in [4.69, 9.17) is 14.2 Å². The van der Waals surface area contributed by atoms with Gasteiger partial charge in [-0.25, -0.2) is 0 Å². The Balaban J connectivity index is 4.39. The Labute approximate surface area is 370 Å². The molecule has 0 heterocycles. The molecule has 0 aromatic rings. The first kappa shape index (κ1) is 56.9. The molecule has 6 heteroatoms. The first-order valence-electron chi connectivity index (χ1n) is 25.0. The highest BCUT2D eigenvalue weighted by Crippen LogP contribution is 2.14. The molecule has 0 aliphatic heterocycles. The lowest BCUT2D eigenvalue weighted by Gasteiger charge is -2.18. The molecule has 1 unspecified atom stereocenters. The number of esters is 3. The van der Waals surface area contributed by atoms with E-state index >= 15 is 0 Å². The Bertz CT molecular complexity index is 1140. The van der Waals surface area contributed by atoms with Gasteiger partial charge in [-0.3, -0.25) is 14.4 Å². The van der Waals surface area contributed by atoms with E-state index in [1.807, 2.05) is 0 Å². The van der Waals surface area contributed by atoms with Crippen molar-refractivity contribution in [1.29, 1.82) is 0 Å². The Morgan fingerprint density at radius 2 is 0.650 bits per heavy atom. The molecule has 0 aromatic carbocycles. The fraction of sp³-hybridized carbons (Fsp3) is 0.722. The van der Waals surface area contributed by atoms with Crippen molar-refractivity contribution in [3.8, 4) is 0 Å². The van der Waals surface area contributed by atoms with E-state index in [0.29, 0.717) is 19.3 Å². The average molecular weight is 837 g/mol. The lowest BCUT2D eigenvalue weighted by Crippen LogP contribution is -2.30. The van der Waals surface area contributed by atoms with Crippen LogP contribution in [0.25, 0.3) is 0 Å². The second kappa shape index (κ2) is 48.5. The summed E-state index contributed by atoms with van der Waals surface area (Å²) in [6.45, 7) is 6.44. The predicted molar refractivity (Wildman–Crippen MR) is 256 cm³/mol. The van der Waals surface area contributed by atoms with Gasteiger partial charge in [0.2, 0.25) is 0 Å². The van der Waals surface area contributed by atoms with Crippen LogP contribution in [0, 0.1) is 0 Å². The lowest BCUT2D eigenvalue weighted by molar-refractivity contribution is -0.167. The summed E-state index contributed by atoms with van der Waals surface area (Å²) in [6.07, 6.45) is 60.2. The highest BCUT2D eigenvalue weighted by Gasteiger charge is 2.19. The van der Waals surface area contributed by atoms with E-state index in [-0.39, 0.29) is 31.1 Å². The molecule has 6 nitrogen and oxygen atoms in total. The molecule has 344 valence electrons. The molecule has 0 rings (SSSR count). The molecule has 60 heavy (non-hydrogen) atoms. The van der Waals surface area contributed by atoms with Crippen molar-refractivity contribution in [2.75, 3.05) is 13.2 Å². The maximum Gasteiger partial charge on any atom is 0.306 e. The third kappa shape index (κ3) is 45.9. The van der Waals surface area contributed by atoms with Crippen molar-refractivity contribution >= 4 is 17.9 Å². The van der Waals surface area contributed by atoms with E-state index in [0.717, 1.165) is 89.9 Å². The second-order valence-electron chi connectivity index (χ2n) is 16.5. The molecule has 1 atom stereocenters. The number of rotatable bonds is 44. The molecule has 0 aliphatic rings. The summed E-state index contributed by atoms with van der Waals surface area (Å²) in [5, 5.41) is 0. The number of hydrogen-bond acceptors (Lipinski definition) is 6. The summed E-state index contributed by atoms with van der Waals surface area (Å²) in [5.74, 6) is -0.922. The monoisotopic (exact) mass is 837 g/mol. The van der Waals surface area contributed by atoms with Gasteiger partial charge in [-0.1, -0.05) is 222 Å². The first-order chi connectivity index (χ1) is 29.5. The second-order valence-corrected chi connectivity index (χ2v) is 16.5. The third-order valence-corrected chi connectivity index (χ3v) is 10.6. The Morgan fingerprint density at radius 1 is 0.350 bits per heavy atom. The topological polar surface area (TPSA) is 78.9 Å². The SMILES string of the molecule is CC\C=C/C=C\C=C/CCCCCCCCCC(=O)OC(COC(=O)CCCCCCC\C=C/C=C\C=C/CCCCCCC)COC(=O)CCCCCCCCCCC. The highest BCUT2D eigenvalue weighted by atomic mass is 16.6. The third-order valence-electron chi connectivity index (χ3n) is 10.6. The van der Waals surface area contributed by atoms with Crippen molar-refractivity contribution in [2.24, 2.45) is 0 Å². The Morgan fingerprint density at radius 3 is 1.00 bits per heavy atom. The van der Waals surface area contributed by atoms with Gasteiger partial charge in [-0.2, -0.15) is 0 Å². The van der Waals surface area contributed by atoms with E-state index in [1.165, 1.54) is 103 Å². The van der Waals surface area contributed by atoms with Crippen LogP contribution in [0.4, 0.5) is 0 Å². The van der Waals surface area contributed by atoms with Crippen LogP contribution in [0.1, 0.15) is 233 Å². The van der Waals surface area contributed by atoms with E-state index in [1.54, 1.807) is 0 Å². The number of carbonyl (C=O) groups excluding carboxylic acids is 3. The molecule has 0 bridgehead atoms. The smallest absolute Gasteiger partial charge is 0.306 e. The van der Waals surface area contributed by atoms with Gasteiger partial charge in [0.15, 0.2) is 6.10 Å². The minimum absolute atomic E-state index is 0.0865. The minimum atomic E-state index is -0.787. The summed E-state index contributed by atoms with van der Waals surface area (Å²) in [5.41, 5.74) is 0. The van der Waals surface area contributed by atoms with Crippen molar-refractivity contribution in [3.05, 3.63) is 72.9 Å². The number of allylic oxidation sites excluding steroid dienone is 12. The van der Waals surface area contributed by atoms with E-state index in [9.17, 15) is 14.4 Å². The maximum atomic E-state index is 12.8. The summed E-state index contributed by atoms with van der Waals surface area (Å²) in [4.78, 5) is 37.8. The molecule has 0 spiro atoms. The number of ether oxygens (including phenoxy) is 3. The van der Waals surface area contributed by atoms with Crippen molar-refractivity contribution in [2.45, 2.75) is 239 Å². The van der Waals surface area contributed by atoms with Crippen LogP contribution < -0.4 is 0 Å². The zero-order chi connectivity index (χ0) is 43.7. The van der Waals surface area contributed by atoms with Gasteiger partial charge in [0.05, 0.1) is 0 Å². The van der Waals surface area contributed by atoms with E-state index in [2.05, 4.69) is 93.7 Å². The summed E-state index contributed by atoms with van der Waals surface area (Å²) < 4.78 is 16.7. The van der Waals surface area contributed by atoms with Crippen LogP contribution in [-0.4, -0.2) is 37.2 Å². The molecular weight excluding hydrogens is 745 g/mol. The van der Waals surface area contributed by atoms with Crippen LogP contribution >= 0.6 is 0 Å². The normalized spacial score (nSPS) is 12.7. The van der Waals surface area contributed by atoms with Crippen molar-refractivity contribution < 1.29 is 28.6 Å². The summed E-state index contributed by atoms with van der Waals surface area (Å²) >= 11 is 0. The van der Waals surface area contributed by atoms with Gasteiger partial charge in [-0.15, -0.1) is 0 Å². The van der Waals surface area contributed by atoms with Gasteiger partial charge >= 0.3 is 17.9 Å². The van der Waals surface area contributed by atoms with Crippen LogP contribution in [0.2, 0.25) is 0 Å². The van der Waals surface area contributed by atoms with Crippen molar-refractivity contribution in [3.63, 3.8) is 0 Å². The van der Waals surface area contributed by atoms with Gasteiger partial charge < -0.3 is 14.2 Å². The fourth-order valence-electron chi connectivity index (χ4n) is 6.80. The van der Waals surface area contributed by atoms with Gasteiger partial charge in [-0.05, 0) is 64.2 Å². The molecular formula is C54H92O6. The molecule has 0 aromatic heterocycles. The molecule has 0 saturated carbocycles. The number of unbranched alkanes of at least 4 members (excludes halogenated alkanes) is 25. The van der Waals surface area contributed by atoms with Gasteiger partial charge in [0.25, 0.3) is 0 Å². The Hall–Kier alpha value is -3.15. The first-order valence-corrected chi connectivity index (χ1v) is 25.0. The maximum absolute atomic E-state index is 12.8. The fourth-order valence-corrected chi connectivity index (χ4v) is 6.80. The van der Waals surface area contributed by atoms with E-state index < -0.39 is 6.10 Å². The lowest BCUT2D eigenvalue weighted by atomic mass is 10.1. The molecule has 0 aliphatic carbocycles. The zero-order valence-electron chi connectivity index (χ0n) is 39.2. The molecule has 0 radical (unpaired) electrons. The predicted octanol–water partition coefficient (Wildman–Crippen LogP) is 16.3. The van der Waals surface area contributed by atoms with Crippen LogP contribution in [0.5, 0.6) is 0 Å². The number of carbonyl (C=O) groups is 3. The zero-order valence-corrected chi connectivity index (χ0v) is 39.2. The van der Waals surface area contributed by atoms with Crippen LogP contribution in [-0.2, 0) is 28.6 Å².